The largest absolute Gasteiger partial charge is 0.381 e. The molecule has 1 aliphatic rings. The Morgan fingerprint density at radius 1 is 1.53 bits per heavy atom. The van der Waals surface area contributed by atoms with Gasteiger partial charge < -0.3 is 10.1 Å². The van der Waals surface area contributed by atoms with Crippen LogP contribution < -0.4 is 5.32 Å². The molecule has 0 aromatic heterocycles. The van der Waals surface area contributed by atoms with E-state index in [4.69, 9.17) is 16.3 Å². The third-order valence-electron chi connectivity index (χ3n) is 3.42. The van der Waals surface area contributed by atoms with Crippen molar-refractivity contribution in [1.82, 2.24) is 5.32 Å². The van der Waals surface area contributed by atoms with E-state index < -0.39 is 0 Å². The van der Waals surface area contributed by atoms with E-state index in [0.717, 1.165) is 24.7 Å². The zero-order valence-electron chi connectivity index (χ0n) is 10.3. The van der Waals surface area contributed by atoms with E-state index in [1.54, 1.807) is 0 Å². The van der Waals surface area contributed by atoms with Crippen molar-refractivity contribution in [2.24, 2.45) is 5.92 Å². The smallest absolute Gasteiger partial charge is 0.0495 e. The van der Waals surface area contributed by atoms with Crippen LogP contribution in [0.15, 0.2) is 24.3 Å². The molecule has 1 heterocycles. The molecule has 1 fully saturated rings. The Morgan fingerprint density at radius 2 is 2.41 bits per heavy atom. The Bertz CT molecular complexity index is 350. The molecule has 2 unspecified atom stereocenters. The Hall–Kier alpha value is -0.570. The molecule has 0 saturated carbocycles. The summed E-state index contributed by atoms with van der Waals surface area (Å²) in [4.78, 5) is 0. The maximum atomic E-state index is 6.00. The molecule has 17 heavy (non-hydrogen) atoms. The molecule has 1 N–H and O–H groups in total. The van der Waals surface area contributed by atoms with E-state index in [-0.39, 0.29) is 0 Å². The van der Waals surface area contributed by atoms with Gasteiger partial charge >= 0.3 is 0 Å². The van der Waals surface area contributed by atoms with Gasteiger partial charge in [0.15, 0.2) is 0 Å². The Labute approximate surface area is 108 Å². The molecular formula is C14H20ClNO. The number of nitrogens with one attached hydrogen (secondary N) is 1. The van der Waals surface area contributed by atoms with Gasteiger partial charge in [0.2, 0.25) is 0 Å². The molecule has 1 aliphatic heterocycles. The summed E-state index contributed by atoms with van der Waals surface area (Å²) in [6.07, 6.45) is 3.42. The van der Waals surface area contributed by atoms with Crippen molar-refractivity contribution in [3.05, 3.63) is 34.9 Å². The van der Waals surface area contributed by atoms with Crippen molar-refractivity contribution in [3.63, 3.8) is 0 Å². The molecule has 94 valence electrons. The summed E-state index contributed by atoms with van der Waals surface area (Å²) in [5.74, 6) is 0.714. The highest BCUT2D eigenvalue weighted by Crippen LogP contribution is 2.20. The van der Waals surface area contributed by atoms with Crippen molar-refractivity contribution in [1.29, 1.82) is 0 Å². The van der Waals surface area contributed by atoms with Crippen LogP contribution in [0.1, 0.15) is 18.4 Å². The number of hydrogen-bond donors (Lipinski definition) is 1. The van der Waals surface area contributed by atoms with Crippen LogP contribution in [0.2, 0.25) is 5.02 Å². The lowest BCUT2D eigenvalue weighted by Crippen LogP contribution is -2.30. The van der Waals surface area contributed by atoms with E-state index in [1.165, 1.54) is 18.4 Å². The van der Waals surface area contributed by atoms with Gasteiger partial charge in [-0.25, -0.2) is 0 Å². The van der Waals surface area contributed by atoms with Gasteiger partial charge in [0, 0.05) is 24.3 Å². The Morgan fingerprint density at radius 3 is 3.06 bits per heavy atom. The molecule has 1 saturated heterocycles. The molecule has 1 aromatic rings. The second-order valence-electron chi connectivity index (χ2n) is 4.78. The summed E-state index contributed by atoms with van der Waals surface area (Å²) in [6, 6.07) is 8.64. The van der Waals surface area contributed by atoms with Gasteiger partial charge in [-0.1, -0.05) is 23.7 Å². The first-order valence-electron chi connectivity index (χ1n) is 6.27. The highest BCUT2D eigenvalue weighted by atomic mass is 35.5. The molecular weight excluding hydrogens is 234 g/mol. The zero-order valence-corrected chi connectivity index (χ0v) is 11.0. The van der Waals surface area contributed by atoms with Gasteiger partial charge in [-0.05, 0) is 49.9 Å². The standard InChI is InChI=1S/C14H20ClNO/c1-16-14(9-12-5-6-17-10-12)8-11-3-2-4-13(15)7-11/h2-4,7,12,14,16H,5-6,8-10H2,1H3. The predicted octanol–water partition coefficient (Wildman–Crippen LogP) is 2.90. The second-order valence-corrected chi connectivity index (χ2v) is 5.22. The van der Waals surface area contributed by atoms with Crippen LogP contribution in [0, 0.1) is 5.92 Å². The van der Waals surface area contributed by atoms with Crippen LogP contribution in [-0.2, 0) is 11.2 Å². The minimum absolute atomic E-state index is 0.514. The fraction of sp³-hybridized carbons (Fsp3) is 0.571. The summed E-state index contributed by atoms with van der Waals surface area (Å²) >= 11 is 6.00. The van der Waals surface area contributed by atoms with Gasteiger partial charge in [0.05, 0.1) is 0 Å². The summed E-state index contributed by atoms with van der Waals surface area (Å²) < 4.78 is 5.42. The molecule has 2 nitrogen and oxygen atoms in total. The number of likely N-dealkylation sites (N-methyl/N-ethyl adjacent to an activating group) is 1. The van der Waals surface area contributed by atoms with Gasteiger partial charge in [0.1, 0.15) is 0 Å². The van der Waals surface area contributed by atoms with E-state index in [0.29, 0.717) is 12.0 Å². The molecule has 0 radical (unpaired) electrons. The zero-order chi connectivity index (χ0) is 12.1. The molecule has 1 aromatic carbocycles. The minimum Gasteiger partial charge on any atom is -0.381 e. The summed E-state index contributed by atoms with van der Waals surface area (Å²) in [7, 11) is 2.03. The van der Waals surface area contributed by atoms with Crippen LogP contribution in [0.4, 0.5) is 0 Å². The van der Waals surface area contributed by atoms with Crippen LogP contribution in [-0.4, -0.2) is 26.3 Å². The normalized spacial score (nSPS) is 21.6. The van der Waals surface area contributed by atoms with E-state index in [9.17, 15) is 0 Å². The van der Waals surface area contributed by atoms with Crippen molar-refractivity contribution in [2.75, 3.05) is 20.3 Å². The lowest BCUT2D eigenvalue weighted by Gasteiger charge is -2.19. The fourth-order valence-electron chi connectivity index (χ4n) is 2.42. The van der Waals surface area contributed by atoms with E-state index >= 15 is 0 Å². The van der Waals surface area contributed by atoms with Crippen LogP contribution in [0.25, 0.3) is 0 Å². The van der Waals surface area contributed by atoms with Gasteiger partial charge in [-0.2, -0.15) is 0 Å². The van der Waals surface area contributed by atoms with Gasteiger partial charge in [-0.15, -0.1) is 0 Å². The van der Waals surface area contributed by atoms with Crippen molar-refractivity contribution in [2.45, 2.75) is 25.3 Å². The molecule has 0 spiro atoms. The lowest BCUT2D eigenvalue weighted by atomic mass is 9.94. The molecule has 0 bridgehead atoms. The van der Waals surface area contributed by atoms with Gasteiger partial charge in [0.25, 0.3) is 0 Å². The highest BCUT2D eigenvalue weighted by molar-refractivity contribution is 6.30. The van der Waals surface area contributed by atoms with E-state index in [2.05, 4.69) is 17.4 Å². The summed E-state index contributed by atoms with van der Waals surface area (Å²) in [6.45, 7) is 1.85. The monoisotopic (exact) mass is 253 g/mol. The summed E-state index contributed by atoms with van der Waals surface area (Å²) in [5, 5.41) is 4.22. The molecule has 3 heteroatoms. The number of benzene rings is 1. The van der Waals surface area contributed by atoms with E-state index in [1.807, 2.05) is 19.2 Å². The second kappa shape index (κ2) is 6.39. The Kier molecular flexibility index (Phi) is 4.84. The van der Waals surface area contributed by atoms with Crippen LogP contribution >= 0.6 is 11.6 Å². The van der Waals surface area contributed by atoms with Crippen molar-refractivity contribution >= 4 is 11.6 Å². The number of halogens is 1. The lowest BCUT2D eigenvalue weighted by molar-refractivity contribution is 0.181. The van der Waals surface area contributed by atoms with Crippen molar-refractivity contribution < 1.29 is 4.74 Å². The Balaban J connectivity index is 1.90. The minimum atomic E-state index is 0.514. The third-order valence-corrected chi connectivity index (χ3v) is 3.66. The maximum Gasteiger partial charge on any atom is 0.0495 e. The summed E-state index contributed by atoms with van der Waals surface area (Å²) in [5.41, 5.74) is 1.30. The maximum absolute atomic E-state index is 6.00. The average Bonchev–Trinajstić information content (AvgIpc) is 2.81. The SMILES string of the molecule is CNC(Cc1cccc(Cl)c1)CC1CCOC1. The third kappa shape index (κ3) is 3.98. The number of ether oxygens (including phenoxy) is 1. The highest BCUT2D eigenvalue weighted by Gasteiger charge is 2.20. The van der Waals surface area contributed by atoms with Crippen LogP contribution in [0.3, 0.4) is 0 Å². The van der Waals surface area contributed by atoms with Crippen molar-refractivity contribution in [3.8, 4) is 0 Å². The van der Waals surface area contributed by atoms with Crippen LogP contribution in [0.5, 0.6) is 0 Å². The molecule has 2 rings (SSSR count). The number of hydrogen-bond acceptors (Lipinski definition) is 2. The first-order chi connectivity index (χ1) is 8.28. The first-order valence-corrected chi connectivity index (χ1v) is 6.65. The topological polar surface area (TPSA) is 21.3 Å². The molecule has 2 atom stereocenters. The average molecular weight is 254 g/mol. The number of rotatable bonds is 5. The molecule has 0 aliphatic carbocycles. The first kappa shape index (κ1) is 12.9. The quantitative estimate of drug-likeness (QED) is 0.871. The molecule has 0 amide bonds. The predicted molar refractivity (Wildman–Crippen MR) is 71.5 cm³/mol. The van der Waals surface area contributed by atoms with Gasteiger partial charge in [-0.3, -0.25) is 0 Å². The fourth-order valence-corrected chi connectivity index (χ4v) is 2.64.